The molecule has 1 aliphatic rings. The molecule has 2 rings (SSSR count). The molecule has 0 aliphatic carbocycles. The van der Waals surface area contributed by atoms with Gasteiger partial charge in [-0.25, -0.2) is 0 Å². The molecule has 18 heavy (non-hydrogen) atoms. The van der Waals surface area contributed by atoms with Crippen LogP contribution in [-0.2, 0) is 0 Å². The second-order valence-electron chi connectivity index (χ2n) is 5.33. The molecule has 0 amide bonds. The highest BCUT2D eigenvalue weighted by Gasteiger charge is 2.16. The van der Waals surface area contributed by atoms with Crippen LogP contribution in [0.5, 0.6) is 0 Å². The van der Waals surface area contributed by atoms with Crippen molar-refractivity contribution in [1.82, 2.24) is 5.32 Å². The quantitative estimate of drug-likeness (QED) is 0.821. The van der Waals surface area contributed by atoms with Gasteiger partial charge < -0.3 is 10.2 Å². The van der Waals surface area contributed by atoms with Crippen molar-refractivity contribution < 1.29 is 0 Å². The third-order valence-electron chi connectivity index (χ3n) is 3.31. The van der Waals surface area contributed by atoms with E-state index in [0.717, 1.165) is 6.54 Å². The van der Waals surface area contributed by atoms with Crippen molar-refractivity contribution in [3.8, 4) is 0 Å². The highest BCUT2D eigenvalue weighted by molar-refractivity contribution is 7.99. The first-order chi connectivity index (χ1) is 8.65. The van der Waals surface area contributed by atoms with Gasteiger partial charge in [-0.05, 0) is 43.7 Å². The summed E-state index contributed by atoms with van der Waals surface area (Å²) in [4.78, 5) is 3.72. The van der Waals surface area contributed by atoms with E-state index >= 15 is 0 Å². The Morgan fingerprint density at radius 3 is 2.61 bits per heavy atom. The lowest BCUT2D eigenvalue weighted by Gasteiger charge is -2.23. The topological polar surface area (TPSA) is 15.3 Å². The van der Waals surface area contributed by atoms with Crippen LogP contribution in [0.1, 0.15) is 26.7 Å². The second kappa shape index (κ2) is 6.48. The normalized spacial score (nSPS) is 19.4. The van der Waals surface area contributed by atoms with E-state index in [9.17, 15) is 0 Å². The average Bonchev–Trinajstić information content (AvgIpc) is 2.82. The number of likely N-dealkylation sites (N-methyl/N-ethyl adjacent to an activating group) is 1. The van der Waals surface area contributed by atoms with Gasteiger partial charge in [-0.2, -0.15) is 0 Å². The molecule has 1 N–H and O–H groups in total. The molecule has 0 spiro atoms. The Bertz CT molecular complexity index is 355. The van der Waals surface area contributed by atoms with Gasteiger partial charge in [0.1, 0.15) is 0 Å². The molecule has 0 saturated carbocycles. The number of hydrogen-bond acceptors (Lipinski definition) is 3. The number of nitrogens with one attached hydrogen (secondary N) is 1. The van der Waals surface area contributed by atoms with Crippen LogP contribution in [0.4, 0.5) is 5.69 Å². The van der Waals surface area contributed by atoms with Gasteiger partial charge >= 0.3 is 0 Å². The van der Waals surface area contributed by atoms with Gasteiger partial charge in [-0.3, -0.25) is 0 Å². The first-order valence-electron chi connectivity index (χ1n) is 6.86. The predicted octanol–water partition coefficient (Wildman–Crippen LogP) is 3.38. The molecule has 3 heteroatoms. The summed E-state index contributed by atoms with van der Waals surface area (Å²) in [5, 5.41) is 4.20. The number of hydrogen-bond donors (Lipinski definition) is 1. The highest BCUT2D eigenvalue weighted by atomic mass is 32.2. The lowest BCUT2D eigenvalue weighted by molar-refractivity contribution is 0.600. The molecule has 1 atom stereocenters. The molecule has 1 aromatic carbocycles. The van der Waals surface area contributed by atoms with Gasteiger partial charge in [0.15, 0.2) is 0 Å². The third kappa shape index (κ3) is 3.92. The summed E-state index contributed by atoms with van der Waals surface area (Å²) in [6, 6.07) is 9.61. The van der Waals surface area contributed by atoms with E-state index in [0.29, 0.717) is 11.3 Å². The zero-order chi connectivity index (χ0) is 13.0. The Kier molecular flexibility index (Phi) is 4.95. The maximum atomic E-state index is 3.55. The van der Waals surface area contributed by atoms with E-state index in [1.54, 1.807) is 0 Å². The van der Waals surface area contributed by atoms with Gasteiger partial charge in [-0.15, -0.1) is 11.8 Å². The van der Waals surface area contributed by atoms with Crippen LogP contribution in [0.15, 0.2) is 29.2 Å². The average molecular weight is 264 g/mol. The van der Waals surface area contributed by atoms with Crippen LogP contribution in [-0.4, -0.2) is 31.4 Å². The first-order valence-corrected chi connectivity index (χ1v) is 7.74. The SMILES string of the molecule is CC(C)Sc1ccc(N(C)CC2CCCN2)cc1. The number of anilines is 1. The van der Waals surface area contributed by atoms with Gasteiger partial charge in [0, 0.05) is 35.5 Å². The van der Waals surface area contributed by atoms with Crippen LogP contribution >= 0.6 is 11.8 Å². The van der Waals surface area contributed by atoms with Crippen LogP contribution < -0.4 is 10.2 Å². The molecule has 2 nitrogen and oxygen atoms in total. The van der Waals surface area contributed by atoms with E-state index in [-0.39, 0.29) is 0 Å². The van der Waals surface area contributed by atoms with Crippen LogP contribution in [0.3, 0.4) is 0 Å². The van der Waals surface area contributed by atoms with E-state index in [2.05, 4.69) is 55.4 Å². The molecule has 0 radical (unpaired) electrons. The Hall–Kier alpha value is -0.670. The summed E-state index contributed by atoms with van der Waals surface area (Å²) < 4.78 is 0. The zero-order valence-electron chi connectivity index (χ0n) is 11.6. The Balaban J connectivity index is 1.91. The minimum Gasteiger partial charge on any atom is -0.373 e. The standard InChI is InChI=1S/C15H24N2S/c1-12(2)18-15-8-6-14(7-9-15)17(3)11-13-5-4-10-16-13/h6-9,12-13,16H,4-5,10-11H2,1-3H3. The molecular weight excluding hydrogens is 240 g/mol. The molecule has 1 unspecified atom stereocenters. The van der Waals surface area contributed by atoms with Gasteiger partial charge in [0.2, 0.25) is 0 Å². The van der Waals surface area contributed by atoms with E-state index in [4.69, 9.17) is 0 Å². The Morgan fingerprint density at radius 1 is 1.33 bits per heavy atom. The molecule has 0 aromatic heterocycles. The van der Waals surface area contributed by atoms with Crippen LogP contribution in [0, 0.1) is 0 Å². The summed E-state index contributed by atoms with van der Waals surface area (Å²) in [5.41, 5.74) is 1.32. The smallest absolute Gasteiger partial charge is 0.0364 e. The first kappa shape index (κ1) is 13.8. The van der Waals surface area contributed by atoms with Crippen molar-refractivity contribution in [3.05, 3.63) is 24.3 Å². The van der Waals surface area contributed by atoms with E-state index in [1.807, 2.05) is 11.8 Å². The van der Waals surface area contributed by atoms with Gasteiger partial charge in [-0.1, -0.05) is 13.8 Å². The molecule has 1 aromatic rings. The van der Waals surface area contributed by atoms with E-state index < -0.39 is 0 Å². The predicted molar refractivity (Wildman–Crippen MR) is 81.7 cm³/mol. The lowest BCUT2D eigenvalue weighted by atomic mass is 10.2. The molecular formula is C15H24N2S. The summed E-state index contributed by atoms with van der Waals surface area (Å²) in [6.45, 7) is 6.76. The van der Waals surface area contributed by atoms with Crippen LogP contribution in [0.2, 0.25) is 0 Å². The summed E-state index contributed by atoms with van der Waals surface area (Å²) in [5.74, 6) is 0. The van der Waals surface area contributed by atoms with Crippen LogP contribution in [0.25, 0.3) is 0 Å². The van der Waals surface area contributed by atoms with Crippen molar-refractivity contribution in [2.45, 2.75) is 42.9 Å². The number of rotatable bonds is 5. The van der Waals surface area contributed by atoms with Crippen molar-refractivity contribution in [1.29, 1.82) is 0 Å². The fourth-order valence-corrected chi connectivity index (χ4v) is 3.24. The fraction of sp³-hybridized carbons (Fsp3) is 0.600. The summed E-state index contributed by atoms with van der Waals surface area (Å²) >= 11 is 1.92. The Labute approximate surface area is 115 Å². The number of nitrogens with zero attached hydrogens (tertiary/aromatic N) is 1. The van der Waals surface area contributed by atoms with Gasteiger partial charge in [0.05, 0.1) is 0 Å². The summed E-state index contributed by atoms with van der Waals surface area (Å²) in [7, 11) is 2.19. The zero-order valence-corrected chi connectivity index (χ0v) is 12.5. The maximum absolute atomic E-state index is 3.55. The van der Waals surface area contributed by atoms with Crippen molar-refractivity contribution in [2.24, 2.45) is 0 Å². The maximum Gasteiger partial charge on any atom is 0.0364 e. The number of benzene rings is 1. The molecule has 100 valence electrons. The van der Waals surface area contributed by atoms with Gasteiger partial charge in [0.25, 0.3) is 0 Å². The third-order valence-corrected chi connectivity index (χ3v) is 4.32. The molecule has 1 aliphatic heterocycles. The second-order valence-corrected chi connectivity index (χ2v) is 6.98. The van der Waals surface area contributed by atoms with Crippen molar-refractivity contribution in [3.63, 3.8) is 0 Å². The van der Waals surface area contributed by atoms with Crippen molar-refractivity contribution in [2.75, 3.05) is 25.0 Å². The lowest BCUT2D eigenvalue weighted by Crippen LogP contribution is -2.35. The molecule has 1 fully saturated rings. The number of thioether (sulfide) groups is 1. The largest absolute Gasteiger partial charge is 0.373 e. The fourth-order valence-electron chi connectivity index (χ4n) is 2.40. The van der Waals surface area contributed by atoms with Crippen molar-refractivity contribution >= 4 is 17.4 Å². The Morgan fingerprint density at radius 2 is 2.06 bits per heavy atom. The van der Waals surface area contributed by atoms with E-state index in [1.165, 1.54) is 30.0 Å². The molecule has 1 saturated heterocycles. The minimum atomic E-state index is 0.649. The monoisotopic (exact) mass is 264 g/mol. The molecule has 0 bridgehead atoms. The molecule has 1 heterocycles. The minimum absolute atomic E-state index is 0.649. The highest BCUT2D eigenvalue weighted by Crippen LogP contribution is 2.25. The summed E-state index contributed by atoms with van der Waals surface area (Å²) in [6.07, 6.45) is 2.63.